The van der Waals surface area contributed by atoms with E-state index in [0.717, 1.165) is 36.0 Å². The summed E-state index contributed by atoms with van der Waals surface area (Å²) in [7, 11) is -3.63. The summed E-state index contributed by atoms with van der Waals surface area (Å²) >= 11 is 6.28. The molecule has 10 heteroatoms. The van der Waals surface area contributed by atoms with Gasteiger partial charge >= 0.3 is 5.97 Å². The molecule has 0 radical (unpaired) electrons. The maximum Gasteiger partial charge on any atom is 0.335 e. The quantitative estimate of drug-likeness (QED) is 0.351. The van der Waals surface area contributed by atoms with Crippen molar-refractivity contribution < 1.29 is 31.8 Å². The minimum absolute atomic E-state index is 0.0632. The lowest BCUT2D eigenvalue weighted by Gasteiger charge is -2.16. The van der Waals surface area contributed by atoms with Gasteiger partial charge in [0.1, 0.15) is 24.0 Å². The molecule has 0 fully saturated rings. The van der Waals surface area contributed by atoms with Crippen molar-refractivity contribution in [3.63, 3.8) is 0 Å². The predicted octanol–water partition coefficient (Wildman–Crippen LogP) is 6.36. The Morgan fingerprint density at radius 1 is 1.06 bits per heavy atom. The Labute approximate surface area is 212 Å². The third kappa shape index (κ3) is 6.03. The van der Waals surface area contributed by atoms with Crippen LogP contribution in [0, 0.1) is 11.6 Å². The molecule has 2 N–H and O–H groups in total. The number of benzene rings is 3. The van der Waals surface area contributed by atoms with Gasteiger partial charge in [-0.15, -0.1) is 0 Å². The maximum absolute atomic E-state index is 14.1. The normalized spacial score (nSPS) is 13.7. The van der Waals surface area contributed by atoms with Crippen LogP contribution in [0.5, 0.6) is 5.75 Å². The van der Waals surface area contributed by atoms with Crippen LogP contribution in [-0.2, 0) is 16.6 Å². The van der Waals surface area contributed by atoms with Gasteiger partial charge in [-0.2, -0.15) is 0 Å². The van der Waals surface area contributed by atoms with E-state index in [-0.39, 0.29) is 23.4 Å². The van der Waals surface area contributed by atoms with Gasteiger partial charge in [-0.05, 0) is 84.5 Å². The highest BCUT2D eigenvalue weighted by atomic mass is 35.5. The molecule has 6 nitrogen and oxygen atoms in total. The Bertz CT molecular complexity index is 1490. The lowest BCUT2D eigenvalue weighted by molar-refractivity contribution is 0.0697. The fourth-order valence-electron chi connectivity index (χ4n) is 4.22. The summed E-state index contributed by atoms with van der Waals surface area (Å²) in [6.45, 7) is -0.139. The third-order valence-corrected chi connectivity index (χ3v) is 6.56. The van der Waals surface area contributed by atoms with Crippen LogP contribution in [-0.4, -0.2) is 25.7 Å². The summed E-state index contributed by atoms with van der Waals surface area (Å²) < 4.78 is 59.1. The van der Waals surface area contributed by atoms with Crippen LogP contribution in [0.1, 0.15) is 46.3 Å². The fraction of sp³-hybridized carbons (Fsp3) is 0.192. The number of ether oxygens (including phenoxy) is 1. The van der Waals surface area contributed by atoms with E-state index < -0.39 is 27.6 Å². The van der Waals surface area contributed by atoms with E-state index in [4.69, 9.17) is 16.3 Å². The maximum atomic E-state index is 14.1. The van der Waals surface area contributed by atoms with Crippen molar-refractivity contribution in [2.45, 2.75) is 25.9 Å². The molecule has 1 aliphatic carbocycles. The first-order chi connectivity index (χ1) is 17.0. The lowest BCUT2D eigenvalue weighted by atomic mass is 9.95. The fourth-order valence-corrected chi connectivity index (χ4v) is 4.93. The average Bonchev–Trinajstić information content (AvgIpc) is 3.27. The summed E-state index contributed by atoms with van der Waals surface area (Å²) in [6.07, 6.45) is 3.02. The summed E-state index contributed by atoms with van der Waals surface area (Å²) in [6, 6.07) is 12.6. The number of aromatic carboxylic acids is 1. The number of allylic oxidation sites excluding steroid dienone is 2. The molecule has 0 unspecified atom stereocenters. The highest BCUT2D eigenvalue weighted by Gasteiger charge is 2.23. The topological polar surface area (TPSA) is 92.7 Å². The van der Waals surface area contributed by atoms with Crippen LogP contribution in [0.2, 0.25) is 5.02 Å². The molecule has 0 bridgehead atoms. The number of hydrogen-bond donors (Lipinski definition) is 2. The van der Waals surface area contributed by atoms with Crippen LogP contribution in [0.4, 0.5) is 14.5 Å². The molecule has 0 atom stereocenters. The Morgan fingerprint density at radius 3 is 2.50 bits per heavy atom. The predicted molar refractivity (Wildman–Crippen MR) is 135 cm³/mol. The van der Waals surface area contributed by atoms with Gasteiger partial charge < -0.3 is 9.84 Å². The van der Waals surface area contributed by atoms with E-state index in [1.54, 1.807) is 24.3 Å². The van der Waals surface area contributed by atoms with E-state index >= 15 is 0 Å². The summed E-state index contributed by atoms with van der Waals surface area (Å²) in [5, 5.41) is 10.0. The number of carbonyl (C=O) groups is 1. The number of nitrogens with one attached hydrogen (secondary N) is 1. The van der Waals surface area contributed by atoms with Crippen molar-refractivity contribution in [2.24, 2.45) is 0 Å². The van der Waals surface area contributed by atoms with Gasteiger partial charge in [0, 0.05) is 27.9 Å². The minimum Gasteiger partial charge on any atom is -0.488 e. The van der Waals surface area contributed by atoms with Gasteiger partial charge in [0.15, 0.2) is 0 Å². The monoisotopic (exact) mass is 533 g/mol. The molecule has 0 saturated heterocycles. The van der Waals surface area contributed by atoms with Crippen LogP contribution >= 0.6 is 11.6 Å². The molecule has 36 heavy (non-hydrogen) atoms. The molecule has 3 aromatic rings. The number of hydrogen-bond acceptors (Lipinski definition) is 4. The second kappa shape index (κ2) is 10.3. The average molecular weight is 534 g/mol. The van der Waals surface area contributed by atoms with Crippen molar-refractivity contribution in [3.05, 3.63) is 93.5 Å². The highest BCUT2D eigenvalue weighted by molar-refractivity contribution is 7.92. The van der Waals surface area contributed by atoms with Gasteiger partial charge in [0.25, 0.3) is 0 Å². The second-order valence-electron chi connectivity index (χ2n) is 8.45. The van der Waals surface area contributed by atoms with E-state index in [0.29, 0.717) is 34.7 Å². The Morgan fingerprint density at radius 2 is 1.81 bits per heavy atom. The highest BCUT2D eigenvalue weighted by Crippen LogP contribution is 2.44. The van der Waals surface area contributed by atoms with Crippen molar-refractivity contribution in [2.75, 3.05) is 11.0 Å². The molecule has 0 amide bonds. The van der Waals surface area contributed by atoms with Crippen molar-refractivity contribution in [3.8, 4) is 5.75 Å². The first-order valence-corrected chi connectivity index (χ1v) is 13.2. The first kappa shape index (κ1) is 25.7. The molecular weight excluding hydrogens is 512 g/mol. The molecular formula is C26H22ClF2NO5S. The van der Waals surface area contributed by atoms with Crippen LogP contribution in [0.25, 0.3) is 11.1 Å². The van der Waals surface area contributed by atoms with Gasteiger partial charge in [-0.1, -0.05) is 11.6 Å². The molecule has 188 valence electrons. The van der Waals surface area contributed by atoms with Gasteiger partial charge in [0.2, 0.25) is 10.0 Å². The number of sulfonamides is 1. The zero-order chi connectivity index (χ0) is 26.0. The number of halogens is 3. The Balaban J connectivity index is 1.77. The minimum atomic E-state index is -3.63. The Kier molecular flexibility index (Phi) is 7.33. The molecule has 0 spiro atoms. The van der Waals surface area contributed by atoms with Crippen LogP contribution in [0.3, 0.4) is 0 Å². The van der Waals surface area contributed by atoms with Gasteiger partial charge in [0.05, 0.1) is 11.8 Å². The van der Waals surface area contributed by atoms with E-state index in [1.165, 1.54) is 18.2 Å². The van der Waals surface area contributed by atoms with E-state index in [9.17, 15) is 27.1 Å². The largest absolute Gasteiger partial charge is 0.488 e. The number of rotatable bonds is 8. The smallest absolute Gasteiger partial charge is 0.335 e. The molecule has 1 aliphatic rings. The number of carboxylic acid groups (broad SMARTS) is 1. The van der Waals surface area contributed by atoms with Gasteiger partial charge in [-0.3, -0.25) is 4.72 Å². The molecule has 0 aromatic heterocycles. The number of anilines is 1. The summed E-state index contributed by atoms with van der Waals surface area (Å²) in [5.41, 5.74) is 3.17. The van der Waals surface area contributed by atoms with E-state index in [1.807, 2.05) is 0 Å². The standard InChI is InChI=1S/C26H22ClF2NO5S/c1-36(33,34)30-20-10-16(9-17(11-20)26(31)32)21-3-2-4-22(21)23-12-18(27)6-8-25(23)35-14-15-5-7-19(28)13-24(15)29/h5-13,30H,2-4,14H2,1H3,(H,31,32). The third-order valence-electron chi connectivity index (χ3n) is 5.71. The summed E-state index contributed by atoms with van der Waals surface area (Å²) in [4.78, 5) is 11.7. The SMILES string of the molecule is CS(=O)(=O)Nc1cc(C(=O)O)cc(C2=C(c3cc(Cl)ccc3OCc3ccc(F)cc3F)CCC2)c1. The molecule has 4 rings (SSSR count). The van der Waals surface area contributed by atoms with E-state index in [2.05, 4.69) is 4.72 Å². The van der Waals surface area contributed by atoms with Crippen molar-refractivity contribution in [1.29, 1.82) is 0 Å². The molecule has 0 saturated carbocycles. The van der Waals surface area contributed by atoms with Crippen molar-refractivity contribution >= 4 is 44.4 Å². The van der Waals surface area contributed by atoms with Crippen LogP contribution in [0.15, 0.2) is 54.6 Å². The zero-order valence-corrected chi connectivity index (χ0v) is 20.7. The van der Waals surface area contributed by atoms with Crippen molar-refractivity contribution in [1.82, 2.24) is 0 Å². The Hall–Kier alpha value is -3.43. The number of carboxylic acids is 1. The molecule has 0 aliphatic heterocycles. The molecule has 0 heterocycles. The second-order valence-corrected chi connectivity index (χ2v) is 10.6. The molecule has 3 aromatic carbocycles. The van der Waals surface area contributed by atoms with Crippen LogP contribution < -0.4 is 9.46 Å². The zero-order valence-electron chi connectivity index (χ0n) is 19.1. The lowest BCUT2D eigenvalue weighted by Crippen LogP contribution is -2.11. The first-order valence-electron chi connectivity index (χ1n) is 11.0. The van der Waals surface area contributed by atoms with Gasteiger partial charge in [-0.25, -0.2) is 22.0 Å². The summed E-state index contributed by atoms with van der Waals surface area (Å²) in [5.74, 6) is -2.16.